The van der Waals surface area contributed by atoms with Crippen molar-refractivity contribution >= 4 is 11.9 Å². The minimum absolute atomic E-state index is 0.257. The van der Waals surface area contributed by atoms with Gasteiger partial charge in [-0.15, -0.1) is 0 Å². The molecule has 2 rings (SSSR count). The van der Waals surface area contributed by atoms with Gasteiger partial charge in [0.2, 0.25) is 0 Å². The van der Waals surface area contributed by atoms with Crippen LogP contribution in [0.3, 0.4) is 0 Å². The quantitative estimate of drug-likeness (QED) is 0.521. The lowest BCUT2D eigenvalue weighted by molar-refractivity contribution is 0.0461. The summed E-state index contributed by atoms with van der Waals surface area (Å²) in [6.45, 7) is 0.636. The monoisotopic (exact) mass is 246 g/mol. The summed E-state index contributed by atoms with van der Waals surface area (Å²) in [4.78, 5) is 23.6. The highest BCUT2D eigenvalue weighted by molar-refractivity contribution is 6.03. The van der Waals surface area contributed by atoms with Crippen LogP contribution in [0.4, 0.5) is 0 Å². The Balaban J connectivity index is 2.27. The molecular weight excluding hydrogens is 232 g/mol. The molecule has 0 unspecified atom stereocenters. The Hall–Kier alpha value is -2.10. The van der Waals surface area contributed by atoms with Crippen molar-refractivity contribution in [1.82, 2.24) is 0 Å². The molecule has 0 aromatic heterocycles. The second kappa shape index (κ2) is 6.00. The van der Waals surface area contributed by atoms with E-state index in [1.807, 2.05) is 12.2 Å². The molecule has 18 heavy (non-hydrogen) atoms. The van der Waals surface area contributed by atoms with Crippen LogP contribution in [0.2, 0.25) is 0 Å². The molecule has 0 atom stereocenters. The van der Waals surface area contributed by atoms with Gasteiger partial charge in [-0.1, -0.05) is 24.3 Å². The van der Waals surface area contributed by atoms with Gasteiger partial charge < -0.3 is 9.47 Å². The summed E-state index contributed by atoms with van der Waals surface area (Å²) in [6.07, 6.45) is 5.16. The van der Waals surface area contributed by atoms with Gasteiger partial charge in [0.25, 0.3) is 0 Å². The molecule has 4 nitrogen and oxygen atoms in total. The van der Waals surface area contributed by atoms with Crippen LogP contribution < -0.4 is 0 Å². The predicted molar refractivity (Wildman–Crippen MR) is 65.4 cm³/mol. The van der Waals surface area contributed by atoms with Crippen LogP contribution >= 0.6 is 0 Å². The second-order valence-corrected chi connectivity index (χ2v) is 3.87. The van der Waals surface area contributed by atoms with E-state index in [2.05, 4.69) is 0 Å². The lowest BCUT2D eigenvalue weighted by atomic mass is 10.1. The van der Waals surface area contributed by atoms with Gasteiger partial charge >= 0.3 is 11.9 Å². The van der Waals surface area contributed by atoms with Gasteiger partial charge in [0.05, 0.1) is 24.3 Å². The summed E-state index contributed by atoms with van der Waals surface area (Å²) < 4.78 is 10.2. The van der Waals surface area contributed by atoms with Crippen molar-refractivity contribution in [2.24, 2.45) is 0 Å². The molecule has 1 aromatic rings. The zero-order valence-corrected chi connectivity index (χ0v) is 9.93. The number of carbonyl (C=O) groups excluding carboxylic acids is 2. The van der Waals surface area contributed by atoms with Gasteiger partial charge in [0.1, 0.15) is 0 Å². The Morgan fingerprint density at radius 1 is 0.778 bits per heavy atom. The van der Waals surface area contributed by atoms with Crippen LogP contribution in [0, 0.1) is 0 Å². The summed E-state index contributed by atoms with van der Waals surface area (Å²) in [6, 6.07) is 6.53. The molecule has 0 saturated carbocycles. The highest BCUT2D eigenvalue weighted by atomic mass is 16.5. The fraction of sp³-hybridized carbons (Fsp3) is 0.286. The summed E-state index contributed by atoms with van der Waals surface area (Å²) in [5.74, 6) is -0.979. The number of carbonyl (C=O) groups is 2. The maximum atomic E-state index is 11.8. The molecule has 0 spiro atoms. The number of benzene rings is 1. The van der Waals surface area contributed by atoms with Gasteiger partial charge in [-0.25, -0.2) is 9.59 Å². The van der Waals surface area contributed by atoms with Crippen LogP contribution in [0.25, 0.3) is 0 Å². The van der Waals surface area contributed by atoms with E-state index in [4.69, 9.17) is 9.47 Å². The molecule has 1 aliphatic rings. The number of fused-ring (bicyclic) bond motifs is 1. The first-order chi connectivity index (χ1) is 8.79. The fourth-order valence-corrected chi connectivity index (χ4v) is 1.67. The predicted octanol–water partition coefficient (Wildman–Crippen LogP) is 2.35. The zero-order chi connectivity index (χ0) is 12.8. The van der Waals surface area contributed by atoms with E-state index < -0.39 is 11.9 Å². The van der Waals surface area contributed by atoms with Crippen LogP contribution in [-0.2, 0) is 9.47 Å². The topological polar surface area (TPSA) is 52.6 Å². The smallest absolute Gasteiger partial charge is 0.339 e. The highest BCUT2D eigenvalue weighted by Crippen LogP contribution is 2.13. The standard InChI is InChI=1S/C14H14O4/c15-13-11-7-3-4-8-12(11)14(16)18-10-6-2-1-5-9-17-13/h1-4,7-8H,5-6,9-10H2/b2-1-. The van der Waals surface area contributed by atoms with Gasteiger partial charge in [-0.3, -0.25) is 0 Å². The number of ether oxygens (including phenoxy) is 2. The van der Waals surface area contributed by atoms with E-state index >= 15 is 0 Å². The molecule has 0 saturated heterocycles. The molecule has 0 amide bonds. The summed E-state index contributed by atoms with van der Waals surface area (Å²) in [5, 5.41) is 0. The molecule has 0 aliphatic carbocycles. The van der Waals surface area contributed by atoms with Crippen LogP contribution in [-0.4, -0.2) is 25.2 Å². The van der Waals surface area contributed by atoms with Gasteiger partial charge in [0, 0.05) is 0 Å². The van der Waals surface area contributed by atoms with Crippen molar-refractivity contribution in [3.63, 3.8) is 0 Å². The third-order valence-corrected chi connectivity index (χ3v) is 2.57. The minimum Gasteiger partial charge on any atom is -0.462 e. The molecule has 0 radical (unpaired) electrons. The SMILES string of the molecule is O=C1OCC/C=C\CCOC(=O)c2ccccc21. The van der Waals surface area contributed by atoms with Crippen LogP contribution in [0.5, 0.6) is 0 Å². The average molecular weight is 246 g/mol. The van der Waals surface area contributed by atoms with E-state index in [1.54, 1.807) is 24.3 Å². The lowest BCUT2D eigenvalue weighted by Gasteiger charge is -2.09. The minimum atomic E-state index is -0.489. The third-order valence-electron chi connectivity index (χ3n) is 2.57. The highest BCUT2D eigenvalue weighted by Gasteiger charge is 2.18. The van der Waals surface area contributed by atoms with E-state index in [1.165, 1.54) is 0 Å². The molecular formula is C14H14O4. The van der Waals surface area contributed by atoms with E-state index in [9.17, 15) is 9.59 Å². The number of hydrogen-bond donors (Lipinski definition) is 0. The van der Waals surface area contributed by atoms with Crippen molar-refractivity contribution < 1.29 is 19.1 Å². The van der Waals surface area contributed by atoms with Crippen molar-refractivity contribution in [2.75, 3.05) is 13.2 Å². The molecule has 0 fully saturated rings. The Labute approximate surface area is 105 Å². The molecule has 0 bridgehead atoms. The number of hydrogen-bond acceptors (Lipinski definition) is 4. The molecule has 1 aromatic carbocycles. The summed E-state index contributed by atoms with van der Waals surface area (Å²) in [5.41, 5.74) is 0.513. The van der Waals surface area contributed by atoms with Crippen molar-refractivity contribution in [1.29, 1.82) is 0 Å². The third kappa shape index (κ3) is 2.97. The first-order valence-electron chi connectivity index (χ1n) is 5.87. The largest absolute Gasteiger partial charge is 0.462 e. The Morgan fingerprint density at radius 2 is 1.22 bits per heavy atom. The first kappa shape index (κ1) is 12.4. The maximum absolute atomic E-state index is 11.8. The summed E-state index contributed by atoms with van der Waals surface area (Å²) >= 11 is 0. The molecule has 1 heterocycles. The Kier molecular flexibility index (Phi) is 4.12. The number of rotatable bonds is 0. The zero-order valence-electron chi connectivity index (χ0n) is 9.93. The van der Waals surface area contributed by atoms with Crippen molar-refractivity contribution in [3.05, 3.63) is 47.5 Å². The molecule has 4 heteroatoms. The second-order valence-electron chi connectivity index (χ2n) is 3.87. The van der Waals surface area contributed by atoms with Gasteiger partial charge in [-0.05, 0) is 25.0 Å². The molecule has 1 aliphatic heterocycles. The van der Waals surface area contributed by atoms with Crippen molar-refractivity contribution in [2.45, 2.75) is 12.8 Å². The maximum Gasteiger partial charge on any atom is 0.339 e. The molecule has 94 valence electrons. The molecule has 0 N–H and O–H groups in total. The van der Waals surface area contributed by atoms with E-state index in [-0.39, 0.29) is 11.1 Å². The van der Waals surface area contributed by atoms with E-state index in [0.717, 1.165) is 0 Å². The summed E-state index contributed by atoms with van der Waals surface area (Å²) in [7, 11) is 0. The fourth-order valence-electron chi connectivity index (χ4n) is 1.67. The van der Waals surface area contributed by atoms with Crippen LogP contribution in [0.1, 0.15) is 33.6 Å². The Morgan fingerprint density at radius 3 is 1.67 bits per heavy atom. The lowest BCUT2D eigenvalue weighted by Crippen LogP contribution is -2.15. The van der Waals surface area contributed by atoms with Gasteiger partial charge in [0.15, 0.2) is 0 Å². The first-order valence-corrected chi connectivity index (χ1v) is 5.87. The van der Waals surface area contributed by atoms with Crippen LogP contribution in [0.15, 0.2) is 36.4 Å². The number of esters is 2. The normalized spacial score (nSPS) is 18.7. The van der Waals surface area contributed by atoms with E-state index in [0.29, 0.717) is 26.1 Å². The average Bonchev–Trinajstić information content (AvgIpc) is 2.40. The van der Waals surface area contributed by atoms with Crippen molar-refractivity contribution in [3.8, 4) is 0 Å². The van der Waals surface area contributed by atoms with Gasteiger partial charge in [-0.2, -0.15) is 0 Å². The Bertz CT molecular complexity index is 433. The number of cyclic esters (lactones) is 2.